The molecule has 2 N–H and O–H groups in total. The lowest BCUT2D eigenvalue weighted by molar-refractivity contribution is 0.102. The first-order chi connectivity index (χ1) is 13.7. The van der Waals surface area contributed by atoms with Gasteiger partial charge in [0.25, 0.3) is 5.91 Å². The molecule has 0 aromatic heterocycles. The number of anilines is 1. The van der Waals surface area contributed by atoms with E-state index in [9.17, 15) is 9.90 Å². The van der Waals surface area contributed by atoms with Gasteiger partial charge in [-0.15, -0.1) is 0 Å². The molecule has 0 atom stereocenters. The molecule has 3 heteroatoms. The van der Waals surface area contributed by atoms with Gasteiger partial charge in [-0.25, -0.2) is 0 Å². The van der Waals surface area contributed by atoms with Gasteiger partial charge in [0.05, 0.1) is 5.56 Å². The molecule has 0 unspecified atom stereocenters. The molecule has 0 heterocycles. The Morgan fingerprint density at radius 2 is 1.21 bits per heavy atom. The van der Waals surface area contributed by atoms with E-state index in [0.29, 0.717) is 0 Å². The Morgan fingerprint density at radius 3 is 1.93 bits per heavy atom. The molecule has 0 spiro atoms. The topological polar surface area (TPSA) is 49.3 Å². The molecule has 1 amide bonds. The lowest BCUT2D eigenvalue weighted by Gasteiger charge is -2.12. The summed E-state index contributed by atoms with van der Waals surface area (Å²) in [7, 11) is 0. The van der Waals surface area contributed by atoms with Crippen LogP contribution in [0, 0.1) is 0 Å². The Morgan fingerprint density at radius 1 is 0.643 bits per heavy atom. The van der Waals surface area contributed by atoms with Crippen molar-refractivity contribution < 1.29 is 9.90 Å². The number of hydrogen-bond acceptors (Lipinski definition) is 2. The molecule has 0 saturated heterocycles. The molecule has 5 aromatic carbocycles. The van der Waals surface area contributed by atoms with E-state index in [1.807, 2.05) is 54.6 Å². The Labute approximate surface area is 161 Å². The zero-order valence-corrected chi connectivity index (χ0v) is 15.0. The number of phenols is 1. The third-order valence-electron chi connectivity index (χ3n) is 5.10. The highest BCUT2D eigenvalue weighted by molar-refractivity contribution is 6.13. The molecule has 0 saturated carbocycles. The van der Waals surface area contributed by atoms with Crippen LogP contribution in [0.2, 0.25) is 0 Å². The third kappa shape index (κ3) is 2.74. The molecule has 0 aliphatic carbocycles. The monoisotopic (exact) mass is 363 g/mol. The summed E-state index contributed by atoms with van der Waals surface area (Å²) in [6.07, 6.45) is 0. The van der Waals surface area contributed by atoms with E-state index in [1.165, 1.54) is 0 Å². The first-order valence-electron chi connectivity index (χ1n) is 9.14. The second-order valence-electron chi connectivity index (χ2n) is 6.90. The van der Waals surface area contributed by atoms with Crippen molar-refractivity contribution in [2.24, 2.45) is 0 Å². The number of fused-ring (bicyclic) bond motifs is 3. The number of phenolic OH excluding ortho intramolecular Hbond substituents is 1. The minimum atomic E-state index is -0.330. The Bertz CT molecular complexity index is 1370. The lowest BCUT2D eigenvalue weighted by atomic mass is 10.0. The van der Waals surface area contributed by atoms with Gasteiger partial charge in [-0.1, -0.05) is 60.7 Å². The molecule has 0 fully saturated rings. The van der Waals surface area contributed by atoms with E-state index >= 15 is 0 Å². The maximum absolute atomic E-state index is 12.9. The fourth-order valence-electron chi connectivity index (χ4n) is 3.68. The first-order valence-corrected chi connectivity index (χ1v) is 9.14. The minimum absolute atomic E-state index is 0.0260. The maximum Gasteiger partial charge on any atom is 0.259 e. The van der Waals surface area contributed by atoms with Gasteiger partial charge in [0, 0.05) is 11.1 Å². The predicted molar refractivity (Wildman–Crippen MR) is 115 cm³/mol. The van der Waals surface area contributed by atoms with E-state index in [2.05, 4.69) is 29.6 Å². The smallest absolute Gasteiger partial charge is 0.259 e. The van der Waals surface area contributed by atoms with Gasteiger partial charge >= 0.3 is 0 Å². The predicted octanol–water partition coefficient (Wildman–Crippen LogP) is 6.10. The van der Waals surface area contributed by atoms with Gasteiger partial charge in [-0.3, -0.25) is 4.79 Å². The second kappa shape index (κ2) is 6.39. The van der Waals surface area contributed by atoms with Crippen molar-refractivity contribution in [1.29, 1.82) is 0 Å². The number of nitrogens with one attached hydrogen (secondary N) is 1. The molecule has 3 nitrogen and oxygen atoms in total. The van der Waals surface area contributed by atoms with Crippen LogP contribution >= 0.6 is 0 Å². The molecule has 5 aromatic rings. The van der Waals surface area contributed by atoms with Gasteiger partial charge in [-0.05, 0) is 57.3 Å². The van der Waals surface area contributed by atoms with Crippen molar-refractivity contribution in [3.8, 4) is 5.75 Å². The largest absolute Gasteiger partial charge is 0.507 e. The van der Waals surface area contributed by atoms with Crippen molar-refractivity contribution in [2.45, 2.75) is 0 Å². The summed E-state index contributed by atoms with van der Waals surface area (Å²) in [6, 6.07) is 29.2. The summed E-state index contributed by atoms with van der Waals surface area (Å²) in [6.45, 7) is 0. The number of benzene rings is 5. The minimum Gasteiger partial charge on any atom is -0.507 e. The summed E-state index contributed by atoms with van der Waals surface area (Å²) in [5.74, 6) is -0.356. The summed E-state index contributed by atoms with van der Waals surface area (Å²) in [4.78, 5) is 12.9. The van der Waals surface area contributed by atoms with E-state index in [0.717, 1.165) is 38.0 Å². The highest BCUT2D eigenvalue weighted by Crippen LogP contribution is 2.30. The molecule has 5 rings (SSSR count). The van der Waals surface area contributed by atoms with Gasteiger partial charge in [0.15, 0.2) is 0 Å². The van der Waals surface area contributed by atoms with Crippen LogP contribution in [0.4, 0.5) is 5.69 Å². The number of carbonyl (C=O) groups is 1. The normalized spacial score (nSPS) is 11.1. The van der Waals surface area contributed by atoms with Gasteiger partial charge < -0.3 is 10.4 Å². The fourth-order valence-corrected chi connectivity index (χ4v) is 3.68. The zero-order chi connectivity index (χ0) is 19.1. The highest BCUT2D eigenvalue weighted by atomic mass is 16.3. The van der Waals surface area contributed by atoms with E-state index in [-0.39, 0.29) is 17.2 Å². The summed E-state index contributed by atoms with van der Waals surface area (Å²) < 4.78 is 0. The average molecular weight is 363 g/mol. The highest BCUT2D eigenvalue weighted by Gasteiger charge is 2.14. The van der Waals surface area contributed by atoms with Crippen LogP contribution in [-0.2, 0) is 0 Å². The van der Waals surface area contributed by atoms with E-state index in [4.69, 9.17) is 0 Å². The average Bonchev–Trinajstić information content (AvgIpc) is 2.72. The maximum atomic E-state index is 12.9. The van der Waals surface area contributed by atoms with Crippen LogP contribution in [0.25, 0.3) is 32.3 Å². The van der Waals surface area contributed by atoms with Crippen LogP contribution in [0.15, 0.2) is 91.0 Å². The molecule has 134 valence electrons. The van der Waals surface area contributed by atoms with Crippen molar-refractivity contribution in [2.75, 3.05) is 5.32 Å². The number of hydrogen-bond donors (Lipinski definition) is 2. The van der Waals surface area contributed by atoms with Gasteiger partial charge in [0.2, 0.25) is 0 Å². The molecule has 0 radical (unpaired) electrons. The zero-order valence-electron chi connectivity index (χ0n) is 15.0. The van der Waals surface area contributed by atoms with Crippen molar-refractivity contribution in [3.05, 3.63) is 96.6 Å². The second-order valence-corrected chi connectivity index (χ2v) is 6.90. The summed E-state index contributed by atoms with van der Waals surface area (Å²) in [5, 5.41) is 19.4. The molecule has 0 aliphatic heterocycles. The SMILES string of the molecule is O=C(Nc1cccc2cc3ccccc3cc12)c1cc2ccccc2cc1O. The van der Waals surface area contributed by atoms with Crippen molar-refractivity contribution in [1.82, 2.24) is 0 Å². The number of carbonyl (C=O) groups excluding carboxylic acids is 1. The number of amides is 1. The molecule has 0 aliphatic rings. The van der Waals surface area contributed by atoms with Crippen LogP contribution < -0.4 is 5.32 Å². The van der Waals surface area contributed by atoms with Crippen LogP contribution in [-0.4, -0.2) is 11.0 Å². The third-order valence-corrected chi connectivity index (χ3v) is 5.10. The van der Waals surface area contributed by atoms with Gasteiger partial charge in [-0.2, -0.15) is 0 Å². The lowest BCUT2D eigenvalue weighted by Crippen LogP contribution is -2.12. The first kappa shape index (κ1) is 16.3. The molecular formula is C25H17NO2. The van der Waals surface area contributed by atoms with E-state index in [1.54, 1.807) is 12.1 Å². The Balaban J connectivity index is 1.59. The molecule has 0 bridgehead atoms. The standard InChI is InChI=1S/C25H17NO2/c27-24-15-19-9-4-3-8-18(19)14-22(24)25(28)26-23-11-5-10-20-12-16-6-1-2-7-17(16)13-21(20)23/h1-15,27H,(H,26,28). The summed E-state index contributed by atoms with van der Waals surface area (Å²) in [5.41, 5.74) is 0.984. The number of aromatic hydroxyl groups is 1. The van der Waals surface area contributed by atoms with Crippen molar-refractivity contribution >= 4 is 43.9 Å². The number of rotatable bonds is 2. The van der Waals surface area contributed by atoms with Crippen LogP contribution in [0.3, 0.4) is 0 Å². The van der Waals surface area contributed by atoms with Gasteiger partial charge in [0.1, 0.15) is 5.75 Å². The Kier molecular flexibility index (Phi) is 3.73. The Hall–Kier alpha value is -3.85. The molecular weight excluding hydrogens is 346 g/mol. The molecule has 28 heavy (non-hydrogen) atoms. The van der Waals surface area contributed by atoms with Crippen LogP contribution in [0.5, 0.6) is 5.75 Å². The quantitative estimate of drug-likeness (QED) is 0.372. The van der Waals surface area contributed by atoms with E-state index < -0.39 is 0 Å². The fraction of sp³-hybridized carbons (Fsp3) is 0. The van der Waals surface area contributed by atoms with Crippen LogP contribution in [0.1, 0.15) is 10.4 Å². The summed E-state index contributed by atoms with van der Waals surface area (Å²) >= 11 is 0. The van der Waals surface area contributed by atoms with Crippen molar-refractivity contribution in [3.63, 3.8) is 0 Å².